The average Bonchev–Trinajstić information content (AvgIpc) is 2.65. The Morgan fingerprint density at radius 1 is 1.69 bits per heavy atom. The Hall–Kier alpha value is -1.63. The third kappa shape index (κ3) is 3.20. The lowest BCUT2D eigenvalue weighted by molar-refractivity contribution is -0.138. The molecule has 0 saturated carbocycles. The van der Waals surface area contributed by atoms with Crippen LogP contribution in [-0.2, 0) is 4.79 Å². The molecule has 6 nitrogen and oxygen atoms in total. The number of amides is 1. The van der Waals surface area contributed by atoms with Crippen LogP contribution >= 0.6 is 11.3 Å². The van der Waals surface area contributed by atoms with Gasteiger partial charge >= 0.3 is 5.97 Å². The maximum absolute atomic E-state index is 10.9. The van der Waals surface area contributed by atoms with Crippen molar-refractivity contribution in [2.75, 3.05) is 5.32 Å². The molecule has 0 spiro atoms. The Morgan fingerprint density at radius 2 is 2.38 bits per heavy atom. The van der Waals surface area contributed by atoms with Gasteiger partial charge in [0.25, 0.3) is 5.91 Å². The third-order valence-electron chi connectivity index (χ3n) is 1.93. The minimum Gasteiger partial charge on any atom is -0.480 e. The van der Waals surface area contributed by atoms with Gasteiger partial charge in [-0.15, -0.1) is 11.3 Å². The van der Waals surface area contributed by atoms with Crippen LogP contribution in [-0.4, -0.2) is 28.0 Å². The Labute approximate surface area is 96.5 Å². The first kappa shape index (κ1) is 12.4. The lowest BCUT2D eigenvalue weighted by atomic mass is 10.2. The van der Waals surface area contributed by atoms with Gasteiger partial charge in [-0.05, 0) is 6.42 Å². The molecule has 0 bridgehead atoms. The van der Waals surface area contributed by atoms with Crippen LogP contribution in [0.25, 0.3) is 0 Å². The number of primary amides is 1. The number of hydrogen-bond acceptors (Lipinski definition) is 5. The number of aromatic nitrogens is 1. The molecule has 1 unspecified atom stereocenters. The molecule has 0 aliphatic rings. The molecule has 1 heterocycles. The number of carbonyl (C=O) groups is 2. The van der Waals surface area contributed by atoms with Crippen molar-refractivity contribution in [3.05, 3.63) is 11.1 Å². The molecule has 1 atom stereocenters. The molecule has 1 aromatic heterocycles. The van der Waals surface area contributed by atoms with Crippen molar-refractivity contribution in [1.29, 1.82) is 0 Å². The number of carboxylic acid groups (broad SMARTS) is 1. The van der Waals surface area contributed by atoms with Crippen LogP contribution in [0.3, 0.4) is 0 Å². The summed E-state index contributed by atoms with van der Waals surface area (Å²) >= 11 is 1.16. The normalized spacial score (nSPS) is 12.1. The smallest absolute Gasteiger partial charge is 0.326 e. The molecule has 1 aromatic rings. The second-order valence-electron chi connectivity index (χ2n) is 3.23. The summed E-state index contributed by atoms with van der Waals surface area (Å²) in [6.07, 6.45) is 1.25. The van der Waals surface area contributed by atoms with E-state index in [4.69, 9.17) is 10.8 Å². The summed E-state index contributed by atoms with van der Waals surface area (Å²) < 4.78 is 0. The van der Waals surface area contributed by atoms with E-state index >= 15 is 0 Å². The first-order valence-corrected chi connectivity index (χ1v) is 5.67. The first-order valence-electron chi connectivity index (χ1n) is 4.79. The molecule has 1 amide bonds. The second kappa shape index (κ2) is 5.45. The monoisotopic (exact) mass is 243 g/mol. The Morgan fingerprint density at radius 3 is 2.81 bits per heavy atom. The molecule has 0 fully saturated rings. The minimum atomic E-state index is -0.933. The van der Waals surface area contributed by atoms with Gasteiger partial charge in [0.05, 0.1) is 0 Å². The van der Waals surface area contributed by atoms with Crippen molar-refractivity contribution in [2.24, 2.45) is 5.73 Å². The predicted octanol–water partition coefficient (Wildman–Crippen LogP) is 0.907. The van der Waals surface area contributed by atoms with Crippen LogP contribution in [0.4, 0.5) is 5.13 Å². The molecule has 88 valence electrons. The molecule has 0 aliphatic heterocycles. The van der Waals surface area contributed by atoms with Crippen LogP contribution in [0, 0.1) is 0 Å². The molecule has 0 aromatic carbocycles. The summed E-state index contributed by atoms with van der Waals surface area (Å²) in [5.74, 6) is -1.55. The number of carboxylic acids is 1. The van der Waals surface area contributed by atoms with Crippen LogP contribution in [0.15, 0.2) is 5.38 Å². The number of hydrogen-bond donors (Lipinski definition) is 3. The van der Waals surface area contributed by atoms with Gasteiger partial charge in [0.1, 0.15) is 11.7 Å². The molecule has 7 heteroatoms. The number of nitrogens with two attached hydrogens (primary N) is 1. The van der Waals surface area contributed by atoms with Gasteiger partial charge in [-0.25, -0.2) is 9.78 Å². The van der Waals surface area contributed by atoms with Crippen LogP contribution < -0.4 is 11.1 Å². The SMILES string of the molecule is CCCC(Nc1nc(C(N)=O)cs1)C(=O)O. The van der Waals surface area contributed by atoms with Crippen LogP contribution in [0.5, 0.6) is 0 Å². The fourth-order valence-corrected chi connectivity index (χ4v) is 1.90. The maximum Gasteiger partial charge on any atom is 0.326 e. The Kier molecular flexibility index (Phi) is 4.24. The van der Waals surface area contributed by atoms with Gasteiger partial charge in [0.2, 0.25) is 0 Å². The molecular formula is C9H13N3O3S. The summed E-state index contributed by atoms with van der Waals surface area (Å²) in [4.78, 5) is 25.5. The fraction of sp³-hybridized carbons (Fsp3) is 0.444. The summed E-state index contributed by atoms with van der Waals surface area (Å²) in [6, 6.07) is -0.683. The zero-order chi connectivity index (χ0) is 12.1. The van der Waals surface area contributed by atoms with Gasteiger partial charge in [-0.1, -0.05) is 13.3 Å². The number of rotatable bonds is 6. The van der Waals surface area contributed by atoms with E-state index in [9.17, 15) is 9.59 Å². The van der Waals surface area contributed by atoms with Gasteiger partial charge < -0.3 is 16.2 Å². The molecule has 16 heavy (non-hydrogen) atoms. The number of nitrogens with one attached hydrogen (secondary N) is 1. The lowest BCUT2D eigenvalue weighted by Crippen LogP contribution is -2.28. The highest BCUT2D eigenvalue weighted by atomic mass is 32.1. The van der Waals surface area contributed by atoms with E-state index in [-0.39, 0.29) is 5.69 Å². The highest BCUT2D eigenvalue weighted by Gasteiger charge is 2.17. The zero-order valence-corrected chi connectivity index (χ0v) is 9.58. The molecular weight excluding hydrogens is 230 g/mol. The van der Waals surface area contributed by atoms with Crippen molar-refractivity contribution in [3.8, 4) is 0 Å². The number of thiazole rings is 1. The molecule has 0 aliphatic carbocycles. The van der Waals surface area contributed by atoms with Crippen LogP contribution in [0.1, 0.15) is 30.3 Å². The summed E-state index contributed by atoms with van der Waals surface area (Å²) in [6.45, 7) is 1.90. The molecule has 0 saturated heterocycles. The number of nitrogens with zero attached hydrogens (tertiary/aromatic N) is 1. The highest BCUT2D eigenvalue weighted by molar-refractivity contribution is 7.13. The maximum atomic E-state index is 10.9. The van der Waals surface area contributed by atoms with E-state index in [2.05, 4.69) is 10.3 Å². The van der Waals surface area contributed by atoms with Crippen molar-refractivity contribution in [2.45, 2.75) is 25.8 Å². The van der Waals surface area contributed by atoms with Gasteiger partial charge in [-0.2, -0.15) is 0 Å². The fourth-order valence-electron chi connectivity index (χ4n) is 1.15. The average molecular weight is 243 g/mol. The standard InChI is InChI=1S/C9H13N3O3S/c1-2-3-5(8(14)15)11-9-12-6(4-16-9)7(10)13/h4-5H,2-3H2,1H3,(H2,10,13)(H,11,12)(H,14,15). The quantitative estimate of drug-likeness (QED) is 0.688. The van der Waals surface area contributed by atoms with Crippen molar-refractivity contribution < 1.29 is 14.7 Å². The summed E-state index contributed by atoms with van der Waals surface area (Å²) in [7, 11) is 0. The molecule has 0 radical (unpaired) electrons. The number of carbonyl (C=O) groups excluding carboxylic acids is 1. The lowest BCUT2D eigenvalue weighted by Gasteiger charge is -2.11. The summed E-state index contributed by atoms with van der Waals surface area (Å²) in [5, 5.41) is 13.6. The summed E-state index contributed by atoms with van der Waals surface area (Å²) in [5.41, 5.74) is 5.18. The van der Waals surface area contributed by atoms with E-state index in [1.807, 2.05) is 6.92 Å². The molecule has 1 rings (SSSR count). The van der Waals surface area contributed by atoms with E-state index in [0.29, 0.717) is 11.6 Å². The van der Waals surface area contributed by atoms with E-state index in [0.717, 1.165) is 17.8 Å². The largest absolute Gasteiger partial charge is 0.480 e. The van der Waals surface area contributed by atoms with Gasteiger partial charge in [0.15, 0.2) is 5.13 Å². The number of aliphatic carboxylic acids is 1. The molecule has 4 N–H and O–H groups in total. The predicted molar refractivity (Wildman–Crippen MR) is 60.6 cm³/mol. The van der Waals surface area contributed by atoms with Crippen molar-refractivity contribution >= 4 is 28.3 Å². The van der Waals surface area contributed by atoms with Gasteiger partial charge in [-0.3, -0.25) is 4.79 Å². The van der Waals surface area contributed by atoms with E-state index in [1.54, 1.807) is 0 Å². The van der Waals surface area contributed by atoms with Crippen molar-refractivity contribution in [3.63, 3.8) is 0 Å². The first-order chi connectivity index (χ1) is 7.54. The third-order valence-corrected chi connectivity index (χ3v) is 2.70. The highest BCUT2D eigenvalue weighted by Crippen LogP contribution is 2.17. The Bertz CT molecular complexity index is 391. The van der Waals surface area contributed by atoms with Crippen LogP contribution in [0.2, 0.25) is 0 Å². The minimum absolute atomic E-state index is 0.146. The topological polar surface area (TPSA) is 105 Å². The van der Waals surface area contributed by atoms with Gasteiger partial charge in [0, 0.05) is 5.38 Å². The Balaban J connectivity index is 2.69. The van der Waals surface area contributed by atoms with E-state index in [1.165, 1.54) is 5.38 Å². The van der Waals surface area contributed by atoms with Crippen molar-refractivity contribution in [1.82, 2.24) is 4.98 Å². The zero-order valence-electron chi connectivity index (χ0n) is 8.77. The van der Waals surface area contributed by atoms with E-state index < -0.39 is 17.9 Å². The number of anilines is 1. The second-order valence-corrected chi connectivity index (χ2v) is 4.08.